The Morgan fingerprint density at radius 1 is 1.17 bits per heavy atom. The number of nitrogens with one attached hydrogen (secondary N) is 1. The Labute approximate surface area is 174 Å². The van der Waals surface area contributed by atoms with Gasteiger partial charge in [-0.2, -0.15) is 0 Å². The molecule has 0 atom stereocenters. The Morgan fingerprint density at radius 3 is 2.60 bits per heavy atom. The molecular weight excluding hydrogens is 416 g/mol. The van der Waals surface area contributed by atoms with Crippen LogP contribution in [0.1, 0.15) is 34.3 Å². The van der Waals surface area contributed by atoms with Crippen LogP contribution in [0.5, 0.6) is 0 Å². The van der Waals surface area contributed by atoms with E-state index < -0.39 is 28.6 Å². The maximum Gasteiger partial charge on any atom is 0.341 e. The number of pyridine rings is 1. The number of carbonyl (C=O) groups is 1. The van der Waals surface area contributed by atoms with Crippen LogP contribution >= 0.6 is 11.6 Å². The fourth-order valence-corrected chi connectivity index (χ4v) is 4.07. The number of aromatic nitrogens is 1. The number of benzene rings is 2. The van der Waals surface area contributed by atoms with E-state index in [9.17, 15) is 14.7 Å². The molecule has 1 saturated carbocycles. The van der Waals surface area contributed by atoms with Gasteiger partial charge in [0.2, 0.25) is 5.43 Å². The van der Waals surface area contributed by atoms with Gasteiger partial charge in [-0.3, -0.25) is 9.47 Å². The maximum absolute atomic E-state index is 15.7. The first-order valence-corrected chi connectivity index (χ1v) is 9.80. The highest BCUT2D eigenvalue weighted by atomic mass is 35.5. The van der Waals surface area contributed by atoms with Crippen LogP contribution in [0.25, 0.3) is 10.9 Å². The predicted molar refractivity (Wildman–Crippen MR) is 109 cm³/mol. The molecule has 0 spiro atoms. The number of anilines is 1. The second-order valence-corrected chi connectivity index (χ2v) is 8.07. The first kappa shape index (κ1) is 18.9. The van der Waals surface area contributed by atoms with E-state index in [0.717, 1.165) is 36.2 Å². The van der Waals surface area contributed by atoms with Gasteiger partial charge in [0.05, 0.1) is 5.39 Å². The summed E-state index contributed by atoms with van der Waals surface area (Å²) in [6, 6.07) is 6.27. The lowest BCUT2D eigenvalue weighted by molar-refractivity contribution is 0.0695. The summed E-state index contributed by atoms with van der Waals surface area (Å²) in [5, 5.41) is 9.56. The second kappa shape index (κ2) is 6.70. The van der Waals surface area contributed by atoms with Gasteiger partial charge in [0.15, 0.2) is 5.82 Å². The van der Waals surface area contributed by atoms with Gasteiger partial charge in [-0.25, -0.2) is 13.6 Å². The van der Waals surface area contributed by atoms with Gasteiger partial charge in [-0.05, 0) is 42.2 Å². The summed E-state index contributed by atoms with van der Waals surface area (Å²) >= 11 is 6.03. The van der Waals surface area contributed by atoms with E-state index in [4.69, 9.17) is 11.6 Å². The van der Waals surface area contributed by atoms with E-state index in [1.54, 1.807) is 17.0 Å². The van der Waals surface area contributed by atoms with Crippen LogP contribution in [-0.2, 0) is 13.1 Å². The van der Waals surface area contributed by atoms with E-state index in [0.29, 0.717) is 11.6 Å². The minimum absolute atomic E-state index is 0.0448. The molecule has 0 unspecified atom stereocenters. The summed E-state index contributed by atoms with van der Waals surface area (Å²) in [5.41, 5.74) is 2.88. The van der Waals surface area contributed by atoms with E-state index in [-0.39, 0.29) is 29.2 Å². The molecule has 0 saturated heterocycles. The zero-order valence-electron chi connectivity index (χ0n) is 15.6. The molecule has 1 aliphatic heterocycles. The van der Waals surface area contributed by atoms with Crippen LogP contribution in [0.3, 0.4) is 0 Å². The largest absolute Gasteiger partial charge is 0.477 e. The number of carboxylic acid groups (broad SMARTS) is 1. The van der Waals surface area contributed by atoms with Gasteiger partial charge in [-0.15, -0.1) is 0 Å². The van der Waals surface area contributed by atoms with Gasteiger partial charge in [0.1, 0.15) is 22.6 Å². The molecule has 6 nitrogen and oxygen atoms in total. The van der Waals surface area contributed by atoms with Gasteiger partial charge >= 0.3 is 5.97 Å². The van der Waals surface area contributed by atoms with Crippen molar-refractivity contribution in [2.45, 2.75) is 32.0 Å². The summed E-state index contributed by atoms with van der Waals surface area (Å²) in [5.74, 6) is -3.28. The van der Waals surface area contributed by atoms with Crippen molar-refractivity contribution in [3.05, 3.63) is 74.0 Å². The smallest absolute Gasteiger partial charge is 0.341 e. The lowest BCUT2D eigenvalue weighted by Gasteiger charge is -2.22. The zero-order chi connectivity index (χ0) is 21.2. The van der Waals surface area contributed by atoms with Gasteiger partial charge < -0.3 is 15.4 Å². The number of rotatable bonds is 4. The minimum atomic E-state index is -1.45. The Kier molecular flexibility index (Phi) is 4.21. The summed E-state index contributed by atoms with van der Waals surface area (Å²) in [6.07, 6.45) is 2.75. The van der Waals surface area contributed by atoms with Crippen molar-refractivity contribution in [1.82, 2.24) is 4.68 Å². The molecule has 9 heteroatoms. The van der Waals surface area contributed by atoms with Crippen molar-refractivity contribution in [2.75, 3.05) is 10.3 Å². The molecule has 0 bridgehead atoms. The van der Waals surface area contributed by atoms with E-state index >= 15 is 8.78 Å². The van der Waals surface area contributed by atoms with E-state index in [2.05, 4.69) is 5.43 Å². The van der Waals surface area contributed by atoms with E-state index in [1.807, 2.05) is 6.07 Å². The average molecular weight is 432 g/mol. The van der Waals surface area contributed by atoms with Crippen molar-refractivity contribution >= 4 is 34.2 Å². The van der Waals surface area contributed by atoms with Crippen LogP contribution in [0.15, 0.2) is 35.3 Å². The molecule has 1 aromatic heterocycles. The van der Waals surface area contributed by atoms with Crippen LogP contribution in [-0.4, -0.2) is 21.8 Å². The predicted octanol–water partition coefficient (Wildman–Crippen LogP) is 3.86. The number of carboxylic acids is 1. The first-order chi connectivity index (χ1) is 14.3. The highest BCUT2D eigenvalue weighted by molar-refractivity contribution is 6.30. The molecule has 2 N–H and O–H groups in total. The Morgan fingerprint density at radius 2 is 1.90 bits per heavy atom. The zero-order valence-corrected chi connectivity index (χ0v) is 16.3. The summed E-state index contributed by atoms with van der Waals surface area (Å²) in [4.78, 5) is 25.6. The lowest BCUT2D eigenvalue weighted by atomic mass is 10.1. The van der Waals surface area contributed by atoms with Crippen LogP contribution in [0.4, 0.5) is 14.5 Å². The monoisotopic (exact) mass is 431 g/mol. The second-order valence-electron chi connectivity index (χ2n) is 7.64. The van der Waals surface area contributed by atoms with Crippen molar-refractivity contribution in [3.8, 4) is 0 Å². The summed E-state index contributed by atoms with van der Waals surface area (Å²) in [7, 11) is 0. The lowest BCUT2D eigenvalue weighted by Crippen LogP contribution is -2.27. The highest BCUT2D eigenvalue weighted by Crippen LogP contribution is 2.36. The maximum atomic E-state index is 15.7. The molecule has 1 fully saturated rings. The molecule has 1 aliphatic carbocycles. The standard InChI is InChI=1S/C21H16ClF2N3O3/c22-12-2-1-10-7-26(8-11(10)5-12)19-16(23)6-14-18(17(19)24)27(25-13-3-4-13)9-15(20(14)28)21(29)30/h1-2,5-6,9,13,25H,3-4,7-8H2,(H,29,30). The molecule has 2 heterocycles. The van der Waals surface area contributed by atoms with Crippen molar-refractivity contribution in [1.29, 1.82) is 0 Å². The molecule has 154 valence electrons. The number of hydrogen-bond acceptors (Lipinski definition) is 4. The fraction of sp³-hybridized carbons (Fsp3) is 0.238. The number of hydrogen-bond donors (Lipinski definition) is 2. The van der Waals surface area contributed by atoms with Gasteiger partial charge in [0, 0.05) is 30.4 Å². The van der Waals surface area contributed by atoms with Gasteiger partial charge in [0.25, 0.3) is 0 Å². The normalized spacial score (nSPS) is 15.5. The molecule has 2 aromatic carbocycles. The Bertz CT molecular complexity index is 1290. The summed E-state index contributed by atoms with van der Waals surface area (Å²) in [6.45, 7) is 0.558. The van der Waals surface area contributed by atoms with E-state index in [1.165, 1.54) is 4.68 Å². The Hall–Kier alpha value is -3.13. The van der Waals surface area contributed by atoms with Crippen LogP contribution in [0, 0.1) is 11.6 Å². The molecule has 0 radical (unpaired) electrons. The quantitative estimate of drug-likeness (QED) is 0.656. The molecule has 2 aliphatic rings. The number of aromatic carboxylic acids is 1. The average Bonchev–Trinajstić information content (AvgIpc) is 3.40. The summed E-state index contributed by atoms with van der Waals surface area (Å²) < 4.78 is 31.9. The highest BCUT2D eigenvalue weighted by Gasteiger charge is 2.30. The number of halogens is 3. The number of nitrogens with zero attached hydrogens (tertiary/aromatic N) is 2. The fourth-order valence-electron chi connectivity index (χ4n) is 3.88. The molecule has 0 amide bonds. The third kappa shape index (κ3) is 2.99. The van der Waals surface area contributed by atoms with Crippen LogP contribution in [0.2, 0.25) is 5.02 Å². The topological polar surface area (TPSA) is 74.6 Å². The molecular formula is C21H16ClF2N3O3. The molecule has 5 rings (SSSR count). The first-order valence-electron chi connectivity index (χ1n) is 9.43. The molecule has 3 aromatic rings. The SMILES string of the molecule is O=C(O)c1cn(NC2CC2)c2c(F)c(N3Cc4ccc(Cl)cc4C3)c(F)cc2c1=O. The van der Waals surface area contributed by atoms with Crippen molar-refractivity contribution in [3.63, 3.8) is 0 Å². The minimum Gasteiger partial charge on any atom is -0.477 e. The van der Waals surface area contributed by atoms with Crippen molar-refractivity contribution in [2.24, 2.45) is 0 Å². The number of fused-ring (bicyclic) bond motifs is 2. The van der Waals surface area contributed by atoms with Crippen LogP contribution < -0.4 is 15.8 Å². The van der Waals surface area contributed by atoms with Gasteiger partial charge in [-0.1, -0.05) is 17.7 Å². The third-order valence-corrected chi connectivity index (χ3v) is 5.73. The Balaban J connectivity index is 1.70. The third-order valence-electron chi connectivity index (χ3n) is 5.49. The molecule has 30 heavy (non-hydrogen) atoms. The van der Waals surface area contributed by atoms with Crippen molar-refractivity contribution < 1.29 is 18.7 Å².